The molecule has 6 nitrogen and oxygen atoms in total. The van der Waals surface area contributed by atoms with E-state index in [4.69, 9.17) is 5.11 Å². The van der Waals surface area contributed by atoms with Gasteiger partial charge in [0, 0.05) is 34.5 Å². The van der Waals surface area contributed by atoms with Crippen LogP contribution in [-0.2, 0) is 10.8 Å². The van der Waals surface area contributed by atoms with E-state index in [0.717, 1.165) is 0 Å². The first kappa shape index (κ1) is 16.2. The summed E-state index contributed by atoms with van der Waals surface area (Å²) in [6.07, 6.45) is 1.57. The number of urea groups is 1. The summed E-state index contributed by atoms with van der Waals surface area (Å²) in [7, 11) is -0.979. The lowest BCUT2D eigenvalue weighted by Crippen LogP contribution is -2.39. The van der Waals surface area contributed by atoms with Gasteiger partial charge in [0.1, 0.15) is 0 Å². The lowest BCUT2D eigenvalue weighted by atomic mass is 10.1. The van der Waals surface area contributed by atoms with Crippen LogP contribution >= 0.6 is 0 Å². The molecule has 0 aliphatic rings. The fourth-order valence-corrected chi connectivity index (χ4v) is 2.50. The number of aromatic carboxylic acids is 1. The fraction of sp³-hybridized carbons (Fsp3) is 0.385. The monoisotopic (exact) mass is 298 g/mol. The molecule has 2 atom stereocenters. The van der Waals surface area contributed by atoms with Crippen LogP contribution in [0, 0.1) is 6.92 Å². The highest BCUT2D eigenvalue weighted by molar-refractivity contribution is 7.84. The summed E-state index contributed by atoms with van der Waals surface area (Å²) in [5.41, 5.74) is 1.37. The molecule has 0 saturated heterocycles. The first-order chi connectivity index (χ1) is 9.29. The Morgan fingerprint density at radius 1 is 1.40 bits per heavy atom. The molecule has 2 unspecified atom stereocenters. The predicted molar refractivity (Wildman–Crippen MR) is 78.7 cm³/mol. The number of hydrogen-bond donors (Lipinski definition) is 3. The molecule has 3 N–H and O–H groups in total. The zero-order chi connectivity index (χ0) is 15.3. The van der Waals surface area contributed by atoms with Crippen molar-refractivity contribution >= 4 is 28.5 Å². The molecule has 1 aromatic rings. The topological polar surface area (TPSA) is 95.5 Å². The Balaban J connectivity index is 2.67. The van der Waals surface area contributed by atoms with Crippen LogP contribution < -0.4 is 10.6 Å². The Bertz CT molecular complexity index is 545. The van der Waals surface area contributed by atoms with E-state index in [1.807, 2.05) is 0 Å². The molecule has 1 aromatic carbocycles. The number of benzene rings is 1. The lowest BCUT2D eigenvalue weighted by molar-refractivity contribution is 0.0697. The predicted octanol–water partition coefficient (Wildman–Crippen LogP) is 1.58. The number of rotatable bonds is 5. The van der Waals surface area contributed by atoms with E-state index < -0.39 is 22.8 Å². The number of carbonyl (C=O) groups excluding carboxylic acids is 1. The van der Waals surface area contributed by atoms with Gasteiger partial charge in [0.05, 0.1) is 5.56 Å². The van der Waals surface area contributed by atoms with Gasteiger partial charge in [-0.05, 0) is 37.6 Å². The number of hydrogen-bond acceptors (Lipinski definition) is 3. The normalized spacial score (nSPS) is 13.3. The zero-order valence-corrected chi connectivity index (χ0v) is 12.4. The molecular formula is C13H18N2O4S. The Labute approximate surface area is 120 Å². The van der Waals surface area contributed by atoms with Crippen LogP contribution in [0.5, 0.6) is 0 Å². The average molecular weight is 298 g/mol. The minimum atomic E-state index is -1.01. The van der Waals surface area contributed by atoms with Crippen LogP contribution in [0.25, 0.3) is 0 Å². The molecule has 1 rings (SSSR count). The molecule has 0 aliphatic heterocycles. The van der Waals surface area contributed by atoms with E-state index in [1.165, 1.54) is 12.1 Å². The van der Waals surface area contributed by atoms with E-state index in [9.17, 15) is 13.8 Å². The van der Waals surface area contributed by atoms with E-state index in [2.05, 4.69) is 10.6 Å². The SMILES string of the molecule is Cc1cc(C(=O)O)ccc1NC(=O)NC(C)CS(C)=O. The number of anilines is 1. The quantitative estimate of drug-likeness (QED) is 0.769. The van der Waals surface area contributed by atoms with Crippen LogP contribution in [0.3, 0.4) is 0 Å². The molecule has 2 amide bonds. The van der Waals surface area contributed by atoms with E-state index in [1.54, 1.807) is 26.2 Å². The second-order valence-electron chi connectivity index (χ2n) is 4.57. The van der Waals surface area contributed by atoms with Crippen LogP contribution in [0.15, 0.2) is 18.2 Å². The van der Waals surface area contributed by atoms with Gasteiger partial charge in [-0.3, -0.25) is 4.21 Å². The van der Waals surface area contributed by atoms with Crippen molar-refractivity contribution < 1.29 is 18.9 Å². The second kappa shape index (κ2) is 7.04. The van der Waals surface area contributed by atoms with Gasteiger partial charge < -0.3 is 15.7 Å². The summed E-state index contributed by atoms with van der Waals surface area (Å²) in [6.45, 7) is 3.48. The van der Waals surface area contributed by atoms with Crippen molar-refractivity contribution in [3.8, 4) is 0 Å². The molecule has 20 heavy (non-hydrogen) atoms. The molecular weight excluding hydrogens is 280 g/mol. The van der Waals surface area contributed by atoms with Gasteiger partial charge in [-0.2, -0.15) is 0 Å². The van der Waals surface area contributed by atoms with Crippen molar-refractivity contribution in [3.05, 3.63) is 29.3 Å². The molecule has 0 heterocycles. The van der Waals surface area contributed by atoms with Crippen LogP contribution in [0.4, 0.5) is 10.5 Å². The molecule has 0 saturated carbocycles. The largest absolute Gasteiger partial charge is 0.478 e. The summed E-state index contributed by atoms with van der Waals surface area (Å²) in [5, 5.41) is 14.2. The molecule has 0 aliphatic carbocycles. The molecule has 7 heteroatoms. The third kappa shape index (κ3) is 5.00. The smallest absolute Gasteiger partial charge is 0.335 e. The zero-order valence-electron chi connectivity index (χ0n) is 11.6. The van der Waals surface area contributed by atoms with Gasteiger partial charge in [0.2, 0.25) is 0 Å². The van der Waals surface area contributed by atoms with Crippen LogP contribution in [-0.4, -0.2) is 39.4 Å². The van der Waals surface area contributed by atoms with Gasteiger partial charge >= 0.3 is 12.0 Å². The summed E-state index contributed by atoms with van der Waals surface area (Å²) >= 11 is 0. The van der Waals surface area contributed by atoms with Crippen molar-refractivity contribution in [1.29, 1.82) is 0 Å². The van der Waals surface area contributed by atoms with Crippen LogP contribution in [0.2, 0.25) is 0 Å². The summed E-state index contributed by atoms with van der Waals surface area (Å²) < 4.78 is 11.0. The number of nitrogens with one attached hydrogen (secondary N) is 2. The number of carboxylic acid groups (broad SMARTS) is 1. The van der Waals surface area contributed by atoms with Gasteiger partial charge in [-0.25, -0.2) is 9.59 Å². The fourth-order valence-electron chi connectivity index (χ4n) is 1.71. The van der Waals surface area contributed by atoms with Crippen molar-refractivity contribution in [2.45, 2.75) is 19.9 Å². The Morgan fingerprint density at radius 3 is 2.55 bits per heavy atom. The third-order valence-electron chi connectivity index (χ3n) is 2.58. The summed E-state index contributed by atoms with van der Waals surface area (Å²) in [6, 6.07) is 3.84. The van der Waals surface area contributed by atoms with Gasteiger partial charge in [-0.1, -0.05) is 0 Å². The first-order valence-corrected chi connectivity index (χ1v) is 7.73. The lowest BCUT2D eigenvalue weighted by Gasteiger charge is -2.14. The first-order valence-electron chi connectivity index (χ1n) is 6.01. The minimum Gasteiger partial charge on any atom is -0.478 e. The maximum Gasteiger partial charge on any atom is 0.335 e. The molecule has 0 aromatic heterocycles. The second-order valence-corrected chi connectivity index (χ2v) is 6.05. The summed E-state index contributed by atoms with van der Waals surface area (Å²) in [5.74, 6) is -0.632. The Kier molecular flexibility index (Phi) is 5.69. The van der Waals surface area contributed by atoms with Crippen molar-refractivity contribution in [2.24, 2.45) is 0 Å². The molecule has 0 fully saturated rings. The average Bonchev–Trinajstić information content (AvgIpc) is 2.30. The minimum absolute atomic E-state index is 0.170. The van der Waals surface area contributed by atoms with Crippen molar-refractivity contribution in [3.63, 3.8) is 0 Å². The van der Waals surface area contributed by atoms with Gasteiger partial charge in [0.25, 0.3) is 0 Å². The van der Waals surface area contributed by atoms with Gasteiger partial charge in [-0.15, -0.1) is 0 Å². The number of amides is 2. The van der Waals surface area contributed by atoms with Crippen molar-refractivity contribution in [1.82, 2.24) is 5.32 Å². The number of carbonyl (C=O) groups is 2. The number of carboxylic acids is 1. The highest BCUT2D eigenvalue weighted by atomic mass is 32.2. The van der Waals surface area contributed by atoms with E-state index in [0.29, 0.717) is 17.0 Å². The molecule has 110 valence electrons. The molecule has 0 bridgehead atoms. The van der Waals surface area contributed by atoms with Crippen LogP contribution in [0.1, 0.15) is 22.8 Å². The Morgan fingerprint density at radius 2 is 2.05 bits per heavy atom. The number of aryl methyl sites for hydroxylation is 1. The molecule has 0 spiro atoms. The Hall–Kier alpha value is -1.89. The maximum atomic E-state index is 11.7. The van der Waals surface area contributed by atoms with E-state index in [-0.39, 0.29) is 11.6 Å². The summed E-state index contributed by atoms with van der Waals surface area (Å²) in [4.78, 5) is 22.5. The third-order valence-corrected chi connectivity index (χ3v) is 3.55. The maximum absolute atomic E-state index is 11.7. The van der Waals surface area contributed by atoms with Crippen molar-refractivity contribution in [2.75, 3.05) is 17.3 Å². The standard InChI is InChI=1S/C13H18N2O4S/c1-8-6-10(12(16)17)4-5-11(8)15-13(18)14-9(2)7-20(3)19/h4-6,9H,7H2,1-3H3,(H,16,17)(H2,14,15,18). The highest BCUT2D eigenvalue weighted by Crippen LogP contribution is 2.16. The van der Waals surface area contributed by atoms with E-state index >= 15 is 0 Å². The van der Waals surface area contributed by atoms with Gasteiger partial charge in [0.15, 0.2) is 0 Å². The highest BCUT2D eigenvalue weighted by Gasteiger charge is 2.11. The molecule has 0 radical (unpaired) electrons.